The molecule has 0 fully saturated rings. The van der Waals surface area contributed by atoms with E-state index in [1.54, 1.807) is 24.3 Å². The van der Waals surface area contributed by atoms with Gasteiger partial charge in [0.15, 0.2) is 5.82 Å². The van der Waals surface area contributed by atoms with Crippen LogP contribution in [0.2, 0.25) is 0 Å². The molecule has 0 saturated carbocycles. The highest BCUT2D eigenvalue weighted by atomic mass is 79.9. The average molecular weight is 377 g/mol. The topological polar surface area (TPSA) is 73.8 Å². The molecule has 0 bridgehead atoms. The molecule has 0 amide bonds. The maximum Gasteiger partial charge on any atom is 0.269 e. The second-order valence-corrected chi connectivity index (χ2v) is 5.72. The molecule has 8 heteroatoms. The Morgan fingerprint density at radius 3 is 2.61 bits per heavy atom. The zero-order valence-electron chi connectivity index (χ0n) is 11.7. The fourth-order valence-corrected chi connectivity index (χ4v) is 2.39. The van der Waals surface area contributed by atoms with E-state index in [9.17, 15) is 14.5 Å². The Balaban J connectivity index is 1.81. The molecule has 1 heterocycles. The Bertz CT molecular complexity index is 864. The fraction of sp³-hybridized carbons (Fsp3) is 0.0667. The maximum atomic E-state index is 13.8. The molecule has 0 aliphatic heterocycles. The van der Waals surface area contributed by atoms with E-state index in [2.05, 4.69) is 26.0 Å². The Hall–Kier alpha value is -2.61. The van der Waals surface area contributed by atoms with Crippen LogP contribution in [0.25, 0.3) is 11.4 Å². The van der Waals surface area contributed by atoms with Gasteiger partial charge in [0.25, 0.3) is 5.69 Å². The lowest BCUT2D eigenvalue weighted by molar-refractivity contribution is -0.384. The van der Waals surface area contributed by atoms with Crippen LogP contribution >= 0.6 is 15.9 Å². The molecular weight excluding hydrogens is 367 g/mol. The number of nitro benzene ring substituents is 1. The first-order valence-electron chi connectivity index (χ1n) is 6.61. The van der Waals surface area contributed by atoms with Crippen LogP contribution in [0, 0.1) is 15.9 Å². The van der Waals surface area contributed by atoms with E-state index >= 15 is 0 Å². The highest BCUT2D eigenvalue weighted by Gasteiger charge is 2.10. The lowest BCUT2D eigenvalue weighted by atomic mass is 10.2. The van der Waals surface area contributed by atoms with Gasteiger partial charge in [0.1, 0.15) is 12.1 Å². The highest BCUT2D eigenvalue weighted by Crippen LogP contribution is 2.20. The van der Waals surface area contributed by atoms with Gasteiger partial charge in [-0.2, -0.15) is 5.10 Å². The summed E-state index contributed by atoms with van der Waals surface area (Å²) in [5, 5.41) is 14.9. The van der Waals surface area contributed by atoms with Crippen LogP contribution < -0.4 is 0 Å². The van der Waals surface area contributed by atoms with Crippen molar-refractivity contribution in [2.24, 2.45) is 0 Å². The molecule has 116 valence electrons. The third-order valence-electron chi connectivity index (χ3n) is 3.22. The van der Waals surface area contributed by atoms with Crippen molar-refractivity contribution in [2.45, 2.75) is 6.54 Å². The molecule has 6 nitrogen and oxygen atoms in total. The number of nitro groups is 1. The standard InChI is InChI=1S/C15H10BrFN4O2/c16-12-4-1-11(14(17)7-12)8-20-9-18-15(19-20)10-2-5-13(6-3-10)21(22)23/h1-7,9H,8H2. The SMILES string of the molecule is O=[N+]([O-])c1ccc(-c2ncn(Cc3ccc(Br)cc3F)n2)cc1. The molecular formula is C15H10BrFN4O2. The monoisotopic (exact) mass is 376 g/mol. The largest absolute Gasteiger partial charge is 0.269 e. The number of rotatable bonds is 4. The van der Waals surface area contributed by atoms with Gasteiger partial charge in [-0.1, -0.05) is 22.0 Å². The molecule has 2 aromatic carbocycles. The first kappa shape index (κ1) is 15.3. The second kappa shape index (κ2) is 6.25. The van der Waals surface area contributed by atoms with Crippen LogP contribution in [0.15, 0.2) is 53.3 Å². The normalized spacial score (nSPS) is 10.7. The summed E-state index contributed by atoms with van der Waals surface area (Å²) in [6.07, 6.45) is 1.50. The van der Waals surface area contributed by atoms with E-state index in [0.29, 0.717) is 21.4 Å². The van der Waals surface area contributed by atoms with E-state index in [0.717, 1.165) is 0 Å². The van der Waals surface area contributed by atoms with Gasteiger partial charge >= 0.3 is 0 Å². The summed E-state index contributed by atoms with van der Waals surface area (Å²) in [4.78, 5) is 14.3. The lowest BCUT2D eigenvalue weighted by Crippen LogP contribution is -2.02. The minimum atomic E-state index is -0.466. The maximum absolute atomic E-state index is 13.8. The van der Waals surface area contributed by atoms with Crippen molar-refractivity contribution >= 4 is 21.6 Å². The molecule has 3 rings (SSSR count). The molecule has 0 aliphatic rings. The number of halogens is 2. The minimum absolute atomic E-state index is 0.00474. The summed E-state index contributed by atoms with van der Waals surface area (Å²) < 4.78 is 16.0. The zero-order valence-corrected chi connectivity index (χ0v) is 13.3. The first-order valence-corrected chi connectivity index (χ1v) is 7.40. The van der Waals surface area contributed by atoms with Crippen LogP contribution in [0.3, 0.4) is 0 Å². The third-order valence-corrected chi connectivity index (χ3v) is 3.71. The van der Waals surface area contributed by atoms with Gasteiger partial charge in [-0.25, -0.2) is 14.1 Å². The Kier molecular flexibility index (Phi) is 4.16. The number of hydrogen-bond donors (Lipinski definition) is 0. The molecule has 1 aromatic heterocycles. The summed E-state index contributed by atoms with van der Waals surface area (Å²) in [6.45, 7) is 0.249. The van der Waals surface area contributed by atoms with Crippen molar-refractivity contribution in [1.82, 2.24) is 14.8 Å². The van der Waals surface area contributed by atoms with Gasteiger partial charge in [0, 0.05) is 27.7 Å². The minimum Gasteiger partial charge on any atom is -0.258 e. The first-order chi connectivity index (χ1) is 11.0. The van der Waals surface area contributed by atoms with Crippen molar-refractivity contribution in [1.29, 1.82) is 0 Å². The predicted molar refractivity (Wildman–Crippen MR) is 85.3 cm³/mol. The summed E-state index contributed by atoms with van der Waals surface area (Å²) in [5.41, 5.74) is 1.16. The summed E-state index contributed by atoms with van der Waals surface area (Å²) in [7, 11) is 0. The van der Waals surface area contributed by atoms with Crippen LogP contribution in [0.5, 0.6) is 0 Å². The van der Waals surface area contributed by atoms with Crippen LogP contribution in [0.1, 0.15) is 5.56 Å². The molecule has 0 N–H and O–H groups in total. The summed E-state index contributed by atoms with van der Waals surface area (Å²) >= 11 is 3.21. The van der Waals surface area contributed by atoms with Gasteiger partial charge in [0.05, 0.1) is 11.5 Å². The van der Waals surface area contributed by atoms with Crippen molar-refractivity contribution in [3.8, 4) is 11.4 Å². The van der Waals surface area contributed by atoms with Crippen molar-refractivity contribution < 1.29 is 9.31 Å². The van der Waals surface area contributed by atoms with Gasteiger partial charge in [-0.3, -0.25) is 10.1 Å². The van der Waals surface area contributed by atoms with Gasteiger partial charge < -0.3 is 0 Å². The lowest BCUT2D eigenvalue weighted by Gasteiger charge is -2.03. The Morgan fingerprint density at radius 2 is 1.96 bits per heavy atom. The van der Waals surface area contributed by atoms with Crippen molar-refractivity contribution in [3.05, 3.63) is 74.8 Å². The summed E-state index contributed by atoms with van der Waals surface area (Å²) in [5.74, 6) is 0.101. The number of hydrogen-bond acceptors (Lipinski definition) is 4. The van der Waals surface area contributed by atoms with Gasteiger partial charge in [-0.05, 0) is 24.3 Å². The Labute approximate surface area is 138 Å². The smallest absolute Gasteiger partial charge is 0.258 e. The quantitative estimate of drug-likeness (QED) is 0.512. The second-order valence-electron chi connectivity index (χ2n) is 4.81. The highest BCUT2D eigenvalue weighted by molar-refractivity contribution is 9.10. The molecule has 23 heavy (non-hydrogen) atoms. The van der Waals surface area contributed by atoms with E-state index in [1.165, 1.54) is 29.2 Å². The number of non-ortho nitro benzene ring substituents is 1. The molecule has 0 aliphatic carbocycles. The van der Waals surface area contributed by atoms with E-state index in [-0.39, 0.29) is 18.0 Å². The van der Waals surface area contributed by atoms with Crippen LogP contribution in [-0.2, 0) is 6.54 Å². The van der Waals surface area contributed by atoms with E-state index in [4.69, 9.17) is 0 Å². The van der Waals surface area contributed by atoms with Gasteiger partial charge in [0.2, 0.25) is 0 Å². The fourth-order valence-electron chi connectivity index (χ4n) is 2.06. The molecule has 3 aromatic rings. The average Bonchev–Trinajstić information content (AvgIpc) is 2.99. The van der Waals surface area contributed by atoms with Crippen molar-refractivity contribution in [2.75, 3.05) is 0 Å². The van der Waals surface area contributed by atoms with E-state index in [1.807, 2.05) is 0 Å². The Morgan fingerprint density at radius 1 is 1.22 bits per heavy atom. The molecule has 0 unspecified atom stereocenters. The van der Waals surface area contributed by atoms with Crippen LogP contribution in [0.4, 0.5) is 10.1 Å². The zero-order chi connectivity index (χ0) is 16.4. The van der Waals surface area contributed by atoms with Crippen molar-refractivity contribution in [3.63, 3.8) is 0 Å². The third kappa shape index (κ3) is 3.42. The molecule has 0 radical (unpaired) electrons. The number of aromatic nitrogens is 3. The summed E-state index contributed by atoms with van der Waals surface area (Å²) in [6, 6.07) is 10.8. The van der Waals surface area contributed by atoms with E-state index < -0.39 is 4.92 Å². The molecule has 0 atom stereocenters. The molecule has 0 saturated heterocycles. The van der Waals surface area contributed by atoms with Gasteiger partial charge in [-0.15, -0.1) is 0 Å². The van der Waals surface area contributed by atoms with Crippen LogP contribution in [-0.4, -0.2) is 19.7 Å². The number of benzene rings is 2. The molecule has 0 spiro atoms. The number of nitrogens with zero attached hydrogens (tertiary/aromatic N) is 4. The predicted octanol–water partition coefficient (Wildman–Crippen LogP) is 3.80.